The highest BCUT2D eigenvalue weighted by molar-refractivity contribution is 5.47. The van der Waals surface area contributed by atoms with Crippen LogP contribution >= 0.6 is 0 Å². The molecule has 140 valence electrons. The number of hydrogen-bond donors (Lipinski definition) is 1. The van der Waals surface area contributed by atoms with Gasteiger partial charge in [-0.15, -0.1) is 0 Å². The Balaban J connectivity index is 1.18. The fourth-order valence-electron chi connectivity index (χ4n) is 4.19. The van der Waals surface area contributed by atoms with Crippen molar-refractivity contribution in [1.82, 2.24) is 15.5 Å². The Hall–Kier alpha value is -1.88. The molecule has 0 spiro atoms. The molecule has 1 saturated heterocycles. The van der Waals surface area contributed by atoms with Crippen LogP contribution < -0.4 is 10.2 Å². The molecule has 1 aromatic heterocycles. The van der Waals surface area contributed by atoms with Crippen molar-refractivity contribution in [2.24, 2.45) is 0 Å². The molecule has 0 bridgehead atoms. The summed E-state index contributed by atoms with van der Waals surface area (Å²) >= 11 is 0. The van der Waals surface area contributed by atoms with Crippen molar-refractivity contribution in [1.29, 1.82) is 0 Å². The van der Waals surface area contributed by atoms with Crippen LogP contribution in [0, 0.1) is 6.92 Å². The number of aryl methyl sites for hydroxylation is 1. The van der Waals surface area contributed by atoms with Gasteiger partial charge < -0.3 is 14.7 Å². The molecule has 1 aliphatic carbocycles. The summed E-state index contributed by atoms with van der Waals surface area (Å²) in [6, 6.07) is 9.47. The Morgan fingerprint density at radius 1 is 1.08 bits per heavy atom. The molecule has 2 fully saturated rings. The monoisotopic (exact) mass is 354 g/mol. The van der Waals surface area contributed by atoms with E-state index >= 15 is 0 Å². The minimum absolute atomic E-state index is 0.510. The lowest BCUT2D eigenvalue weighted by atomic mass is 10.0. The molecule has 1 aliphatic heterocycles. The molecule has 2 heterocycles. The van der Waals surface area contributed by atoms with Crippen LogP contribution in [-0.4, -0.2) is 35.8 Å². The zero-order valence-corrected chi connectivity index (χ0v) is 15.8. The first-order valence-corrected chi connectivity index (χ1v) is 10.2. The standard InChI is InChI=1S/C21H30N4O/c1-16-6-8-19(9-7-16)25-14-11-18(12-15-25)22-13-10-20-23-21(26-24-20)17-4-2-3-5-17/h6-9,17-18,22H,2-5,10-15H2,1H3. The quantitative estimate of drug-likeness (QED) is 0.854. The molecule has 2 aliphatic rings. The number of hydrogen-bond acceptors (Lipinski definition) is 5. The second kappa shape index (κ2) is 8.21. The molecule has 5 nitrogen and oxygen atoms in total. The summed E-state index contributed by atoms with van der Waals surface area (Å²) in [5, 5.41) is 7.85. The van der Waals surface area contributed by atoms with Gasteiger partial charge in [0.25, 0.3) is 0 Å². The topological polar surface area (TPSA) is 54.2 Å². The lowest BCUT2D eigenvalue weighted by molar-refractivity contribution is 0.349. The van der Waals surface area contributed by atoms with E-state index < -0.39 is 0 Å². The van der Waals surface area contributed by atoms with Crippen molar-refractivity contribution in [3.63, 3.8) is 0 Å². The van der Waals surface area contributed by atoms with E-state index in [2.05, 4.69) is 51.5 Å². The van der Waals surface area contributed by atoms with Crippen LogP contribution in [0.4, 0.5) is 5.69 Å². The average molecular weight is 354 g/mol. The van der Waals surface area contributed by atoms with E-state index in [-0.39, 0.29) is 0 Å². The van der Waals surface area contributed by atoms with Crippen LogP contribution in [-0.2, 0) is 6.42 Å². The summed E-state index contributed by atoms with van der Waals surface area (Å²) in [5.41, 5.74) is 2.67. The number of aromatic nitrogens is 2. The number of nitrogens with one attached hydrogen (secondary N) is 1. The summed E-state index contributed by atoms with van der Waals surface area (Å²) < 4.78 is 5.47. The SMILES string of the molecule is Cc1ccc(N2CCC(NCCc3noc(C4CCCC4)n3)CC2)cc1. The van der Waals surface area contributed by atoms with E-state index in [1.807, 2.05) is 0 Å². The zero-order valence-electron chi connectivity index (χ0n) is 15.8. The van der Waals surface area contributed by atoms with Gasteiger partial charge in [0, 0.05) is 43.7 Å². The molecular formula is C21H30N4O. The van der Waals surface area contributed by atoms with E-state index in [4.69, 9.17) is 4.52 Å². The third-order valence-electron chi connectivity index (χ3n) is 5.86. The Labute approximate surface area is 156 Å². The Morgan fingerprint density at radius 2 is 1.81 bits per heavy atom. The largest absolute Gasteiger partial charge is 0.371 e. The van der Waals surface area contributed by atoms with E-state index in [0.29, 0.717) is 12.0 Å². The minimum atomic E-state index is 0.510. The normalized spacial score (nSPS) is 19.3. The van der Waals surface area contributed by atoms with Gasteiger partial charge in [-0.05, 0) is 44.7 Å². The number of rotatable bonds is 6. The molecule has 26 heavy (non-hydrogen) atoms. The van der Waals surface area contributed by atoms with Gasteiger partial charge in [-0.2, -0.15) is 4.98 Å². The van der Waals surface area contributed by atoms with Crippen LogP contribution in [0.2, 0.25) is 0 Å². The zero-order chi connectivity index (χ0) is 17.8. The van der Waals surface area contributed by atoms with Crippen molar-refractivity contribution in [2.45, 2.75) is 63.8 Å². The van der Waals surface area contributed by atoms with Gasteiger partial charge in [-0.1, -0.05) is 35.7 Å². The fourth-order valence-corrected chi connectivity index (χ4v) is 4.19. The maximum Gasteiger partial charge on any atom is 0.229 e. The van der Waals surface area contributed by atoms with Gasteiger partial charge in [-0.25, -0.2) is 0 Å². The lowest BCUT2D eigenvalue weighted by Crippen LogP contribution is -2.43. The molecule has 0 unspecified atom stereocenters. The third-order valence-corrected chi connectivity index (χ3v) is 5.86. The van der Waals surface area contributed by atoms with E-state index in [0.717, 1.165) is 37.8 Å². The number of anilines is 1. The first kappa shape index (κ1) is 17.5. The van der Waals surface area contributed by atoms with Crippen LogP contribution in [0.25, 0.3) is 0 Å². The first-order chi connectivity index (χ1) is 12.8. The van der Waals surface area contributed by atoms with Crippen LogP contribution in [0.1, 0.15) is 61.7 Å². The van der Waals surface area contributed by atoms with Crippen LogP contribution in [0.3, 0.4) is 0 Å². The van der Waals surface area contributed by atoms with Crippen LogP contribution in [0.5, 0.6) is 0 Å². The smallest absolute Gasteiger partial charge is 0.229 e. The summed E-state index contributed by atoms with van der Waals surface area (Å²) in [6.07, 6.45) is 8.24. The van der Waals surface area contributed by atoms with Gasteiger partial charge in [0.1, 0.15) is 0 Å². The predicted molar refractivity (Wildman–Crippen MR) is 104 cm³/mol. The van der Waals surface area contributed by atoms with Crippen molar-refractivity contribution in [3.8, 4) is 0 Å². The van der Waals surface area contributed by atoms with Crippen molar-refractivity contribution < 1.29 is 4.52 Å². The van der Waals surface area contributed by atoms with Gasteiger partial charge >= 0.3 is 0 Å². The Morgan fingerprint density at radius 3 is 2.54 bits per heavy atom. The lowest BCUT2D eigenvalue weighted by Gasteiger charge is -2.34. The molecule has 0 amide bonds. The molecule has 0 atom stereocenters. The summed E-state index contributed by atoms with van der Waals surface area (Å²) in [7, 11) is 0. The van der Waals surface area contributed by atoms with Gasteiger partial charge in [-0.3, -0.25) is 0 Å². The van der Waals surface area contributed by atoms with Crippen LogP contribution in [0.15, 0.2) is 28.8 Å². The van der Waals surface area contributed by atoms with E-state index in [1.54, 1.807) is 0 Å². The van der Waals surface area contributed by atoms with Gasteiger partial charge in [0.05, 0.1) is 0 Å². The van der Waals surface area contributed by atoms with Crippen molar-refractivity contribution >= 4 is 5.69 Å². The van der Waals surface area contributed by atoms with Gasteiger partial charge in [0.2, 0.25) is 5.89 Å². The fraction of sp³-hybridized carbons (Fsp3) is 0.619. The molecule has 0 radical (unpaired) electrons. The Kier molecular flexibility index (Phi) is 5.54. The minimum Gasteiger partial charge on any atom is -0.371 e. The highest BCUT2D eigenvalue weighted by Crippen LogP contribution is 2.32. The molecule has 1 saturated carbocycles. The predicted octanol–water partition coefficient (Wildman–Crippen LogP) is 3.84. The molecule has 5 heteroatoms. The van der Waals surface area contributed by atoms with E-state index in [9.17, 15) is 0 Å². The molecule has 2 aromatic rings. The summed E-state index contributed by atoms with van der Waals surface area (Å²) in [6.45, 7) is 5.31. The summed E-state index contributed by atoms with van der Waals surface area (Å²) in [5.74, 6) is 2.23. The summed E-state index contributed by atoms with van der Waals surface area (Å²) in [4.78, 5) is 7.10. The number of nitrogens with zero attached hydrogens (tertiary/aromatic N) is 3. The third kappa shape index (κ3) is 4.26. The first-order valence-electron chi connectivity index (χ1n) is 10.2. The molecule has 4 rings (SSSR count). The van der Waals surface area contributed by atoms with Gasteiger partial charge in [0.15, 0.2) is 5.82 Å². The second-order valence-electron chi connectivity index (χ2n) is 7.83. The molecule has 1 N–H and O–H groups in total. The van der Waals surface area contributed by atoms with Crippen molar-refractivity contribution in [2.75, 3.05) is 24.5 Å². The maximum absolute atomic E-state index is 5.47. The molecule has 1 aromatic carbocycles. The number of piperidine rings is 1. The Bertz CT molecular complexity index is 682. The maximum atomic E-state index is 5.47. The average Bonchev–Trinajstić information content (AvgIpc) is 3.35. The van der Waals surface area contributed by atoms with Crippen molar-refractivity contribution in [3.05, 3.63) is 41.5 Å². The number of benzene rings is 1. The molecular weight excluding hydrogens is 324 g/mol. The highest BCUT2D eigenvalue weighted by atomic mass is 16.5. The van der Waals surface area contributed by atoms with E-state index in [1.165, 1.54) is 49.8 Å². The highest BCUT2D eigenvalue weighted by Gasteiger charge is 2.23. The second-order valence-corrected chi connectivity index (χ2v) is 7.83.